The van der Waals surface area contributed by atoms with Crippen LogP contribution >= 0.6 is 54.8 Å². The summed E-state index contributed by atoms with van der Waals surface area (Å²) in [7, 11) is 9.76. The van der Waals surface area contributed by atoms with Gasteiger partial charge in [-0.2, -0.15) is 0 Å². The molecule has 4 aliphatic heterocycles. The van der Waals surface area contributed by atoms with Crippen LogP contribution in [0.25, 0.3) is 5.57 Å². The number of ether oxygens (including phenoxy) is 5. The maximum atomic E-state index is 15.4. The van der Waals surface area contributed by atoms with E-state index >= 15 is 19.2 Å². The largest absolute Gasteiger partial charge is 0.508 e. The number of amides is 12. The number of aliphatic hydroxyl groups excluding tert-OH is 1. The first-order valence-electron chi connectivity index (χ1n) is 42.8. The van der Waals surface area contributed by atoms with Gasteiger partial charge in [-0.05, 0) is 151 Å². The van der Waals surface area contributed by atoms with Crippen molar-refractivity contribution in [1.29, 1.82) is 0 Å². The summed E-state index contributed by atoms with van der Waals surface area (Å²) in [5, 5.41) is 58.2. The lowest BCUT2D eigenvalue weighted by Crippen LogP contribution is -2.63. The fourth-order valence-corrected chi connectivity index (χ4v) is 21.0. The molecule has 4 aromatic carbocycles. The van der Waals surface area contributed by atoms with Crippen LogP contribution < -0.4 is 69.0 Å². The second-order valence-corrected chi connectivity index (χ2v) is 39.6. The lowest BCUT2D eigenvalue weighted by atomic mass is 9.83. The summed E-state index contributed by atoms with van der Waals surface area (Å²) in [6, 6.07) is 12.9. The van der Waals surface area contributed by atoms with E-state index < -0.39 is 202 Å². The topological polar surface area (TPSA) is 499 Å². The molecule has 129 heavy (non-hydrogen) atoms. The normalized spacial score (nSPS) is 26.1. The smallest absolute Gasteiger partial charge is 0.409 e. The molecule has 3 saturated heterocycles. The molecule has 3 fully saturated rings. The van der Waals surface area contributed by atoms with Gasteiger partial charge >= 0.3 is 18.1 Å². The molecule has 0 radical (unpaired) electrons. The van der Waals surface area contributed by atoms with E-state index in [1.165, 1.54) is 59.2 Å². The number of aromatic hydroxyl groups is 1. The minimum atomic E-state index is -1.96. The van der Waals surface area contributed by atoms with Crippen LogP contribution in [0.5, 0.6) is 11.5 Å². The van der Waals surface area contributed by atoms with E-state index in [4.69, 9.17) is 46.8 Å². The predicted molar refractivity (Wildman–Crippen MR) is 494 cm³/mol. The van der Waals surface area contributed by atoms with E-state index in [0.717, 1.165) is 64.8 Å². The van der Waals surface area contributed by atoms with Gasteiger partial charge in [-0.25, -0.2) is 14.4 Å². The van der Waals surface area contributed by atoms with Crippen molar-refractivity contribution in [2.75, 3.05) is 63.6 Å². The van der Waals surface area contributed by atoms with Crippen LogP contribution in [-0.4, -0.2) is 251 Å². The van der Waals surface area contributed by atoms with E-state index in [-0.39, 0.29) is 91.8 Å². The van der Waals surface area contributed by atoms with Gasteiger partial charge in [0.05, 0.1) is 37.5 Å². The van der Waals surface area contributed by atoms with Crippen LogP contribution in [0.4, 0.5) is 15.3 Å². The number of phenolic OH excluding ortho intramolecular Hbond substituents is 1. The number of epoxide rings is 1. The van der Waals surface area contributed by atoms with Crippen molar-refractivity contribution in [1.82, 2.24) is 52.8 Å². The fourth-order valence-electron chi connectivity index (χ4n) is 15.7. The second kappa shape index (κ2) is 47.3. The number of nitrogens with two attached hydrogens (primary N) is 2. The third-order valence-corrected chi connectivity index (χ3v) is 29.6. The Hall–Kier alpha value is -9.90. The molecule has 0 aromatic heterocycles. The van der Waals surface area contributed by atoms with Crippen molar-refractivity contribution in [2.45, 2.75) is 227 Å². The van der Waals surface area contributed by atoms with E-state index in [0.29, 0.717) is 41.5 Å². The SMILES string of the molecule is CCNC(=O)N[C@H](Cc1ccccc1)C(=O)N[C@H]1CSSC[C@@H](C(=O)N[C@H](C(N)=O)C(C)(C)SSCCC(=O)N(C)[C@@H](C)C(=O)O[C@H]2CC(=O)N(C)c3cc(cc(OC)c3Cl)C/C(C)=C/C=C/[C@@H](OC)[C@@]3(O)C[C@H](OC(=O)N3)[C@@H](C)[C@@H]3O[C@@]23C)NC(=O)[C@H]([C@@H](C)O)NC(=O)[C@H](CCCCN)NC(=O)[C@@H](CC2=CCc3ccccc32)NC(=O)[C@H](Cc2ccc(O)cc2)CC1=O. The molecule has 4 aromatic rings. The van der Waals surface area contributed by atoms with Gasteiger partial charge in [0.25, 0.3) is 0 Å². The molecule has 39 heteroatoms. The monoisotopic (exact) mass is 1880 g/mol. The summed E-state index contributed by atoms with van der Waals surface area (Å²) in [5.41, 5.74) is 14.1. The number of anilines is 1. The average molecular weight is 1880 g/mol. The number of fused-ring (bicyclic) bond motifs is 6. The Morgan fingerprint density at radius 3 is 2.23 bits per heavy atom. The maximum Gasteiger partial charge on any atom is 0.409 e. The minimum Gasteiger partial charge on any atom is -0.508 e. The molecule has 9 rings (SSSR count). The first-order chi connectivity index (χ1) is 61.2. The van der Waals surface area contributed by atoms with Crippen LogP contribution in [-0.2, 0) is 97.4 Å². The number of aliphatic hydroxyl groups is 2. The third-order valence-electron chi connectivity index (χ3n) is 23.5. The molecule has 702 valence electrons. The Kier molecular flexibility index (Phi) is 37.7. The molecule has 4 heterocycles. The zero-order chi connectivity index (χ0) is 94.4. The number of halogens is 1. The minimum absolute atomic E-state index is 0.0364. The number of methoxy groups -OCH3 is 2. The zero-order valence-corrected chi connectivity index (χ0v) is 78.4. The maximum absolute atomic E-state index is 15.4. The molecule has 5 aliphatic rings. The molecule has 12 amide bonds. The summed E-state index contributed by atoms with van der Waals surface area (Å²) in [6.45, 7) is 13.1. The molecule has 16 N–H and O–H groups in total. The lowest BCUT2D eigenvalue weighted by Gasteiger charge is -2.42. The number of benzene rings is 4. The first-order valence-corrected chi connectivity index (χ1v) is 48.0. The number of allylic oxidation sites excluding steroid dienone is 4. The lowest BCUT2D eigenvalue weighted by molar-refractivity contribution is -0.162. The van der Waals surface area contributed by atoms with Gasteiger partial charge in [0, 0.05) is 93.7 Å². The molecule has 0 unspecified atom stereocenters. The van der Waals surface area contributed by atoms with Crippen LogP contribution in [0.3, 0.4) is 0 Å². The summed E-state index contributed by atoms with van der Waals surface area (Å²) in [4.78, 5) is 192. The highest BCUT2D eigenvalue weighted by Crippen LogP contribution is 2.50. The molecule has 17 atom stereocenters. The van der Waals surface area contributed by atoms with E-state index in [1.54, 1.807) is 101 Å². The number of carbonyl (C=O) groups excluding carboxylic acids is 13. The Morgan fingerprint density at radius 1 is 0.860 bits per heavy atom. The van der Waals surface area contributed by atoms with E-state index in [1.807, 2.05) is 43.3 Å². The summed E-state index contributed by atoms with van der Waals surface area (Å²) in [6.07, 6.45) is -0.143. The number of hydrogen-bond donors (Lipinski definition) is 14. The number of esters is 1. The predicted octanol–water partition coefficient (Wildman–Crippen LogP) is 5.85. The van der Waals surface area contributed by atoms with Crippen molar-refractivity contribution >= 4 is 143 Å². The van der Waals surface area contributed by atoms with Crippen molar-refractivity contribution in [3.8, 4) is 11.5 Å². The number of ketones is 1. The quantitative estimate of drug-likeness (QED) is 0.0131. The zero-order valence-electron chi connectivity index (χ0n) is 74.4. The van der Waals surface area contributed by atoms with Crippen LogP contribution in [0.2, 0.25) is 5.02 Å². The van der Waals surface area contributed by atoms with Gasteiger partial charge in [-0.1, -0.05) is 158 Å². The Balaban J connectivity index is 0.951. The average Bonchev–Trinajstić information content (AvgIpc) is 1.57. The van der Waals surface area contributed by atoms with Crippen molar-refractivity contribution in [2.24, 2.45) is 23.3 Å². The fraction of sp³-hybridized carbons (Fsp3) is 0.522. The van der Waals surface area contributed by atoms with Crippen LogP contribution in [0.15, 0.2) is 121 Å². The van der Waals surface area contributed by atoms with E-state index in [9.17, 15) is 58.5 Å². The number of carbonyl (C=O) groups is 13. The Bertz CT molecular complexity index is 4800. The second-order valence-electron chi connectivity index (χ2n) is 33.6. The van der Waals surface area contributed by atoms with Gasteiger partial charge in [0.1, 0.15) is 82.7 Å². The van der Waals surface area contributed by atoms with E-state index in [2.05, 4.69) is 47.9 Å². The van der Waals surface area contributed by atoms with Crippen molar-refractivity contribution < 1.29 is 101 Å². The van der Waals surface area contributed by atoms with Gasteiger partial charge < -0.3 is 103 Å². The number of rotatable bonds is 29. The van der Waals surface area contributed by atoms with Gasteiger partial charge in [-0.15, -0.1) is 0 Å². The number of alkyl carbamates (subject to hydrolysis) is 1. The van der Waals surface area contributed by atoms with Crippen LogP contribution in [0, 0.1) is 11.8 Å². The number of primary amides is 1. The number of nitrogens with zero attached hydrogens (tertiary/aromatic N) is 2. The van der Waals surface area contributed by atoms with Crippen molar-refractivity contribution in [3.63, 3.8) is 0 Å². The van der Waals surface area contributed by atoms with Crippen molar-refractivity contribution in [3.05, 3.63) is 154 Å². The standard InChI is InChI=1S/C90H120ClN13O21S4/c1-13-94-86(118)99-62(40-53-23-15-14-16-24-53)81(113)97-64-47-127-128-48-65(98-84(116)75(52(5)105)100-80(112)61(27-19-20-36-92)95-82(114)63(43-57-32-31-56-25-17-18-26-60(56)57)96-79(111)58(44-67(64)107)39-54-29-33-59(106)34-30-54)83(115)101-76(78(93)110)88(6,7)129-126-37-35-72(108)103(9)51(4)85(117)124-71-45-73(109)104(10)66-41-55(42-68(121-11)74(66)91)38-49(2)22-21-28-70(122-12)90(120)46-69(123-87(119)102-90)50(3)77-89(71,8)125-77/h14-18,21-26,28-30,32-34,41-42,50-52,58,61-65,69-71,75-77,105-106,120H,13,19-20,27,31,35-40,43-48,92H2,1-12H3,(H2,93,110)(H,95,114)(H,96,111)(H,97,113)(H,98,116)(H,100,112)(H,101,115)(H,102,119)(H2,94,99,118)/b28-21+,49-22+/t50-,51+,52-,58-,61+,62-,63-,64+,65+,69+,70-,71+,75+,76-,77+,89+,90+/m1/s1. The molecule has 1 aliphatic carbocycles. The number of likely N-dealkylation sites (N-methyl/N-ethyl adjacent to an activating group) is 1. The summed E-state index contributed by atoms with van der Waals surface area (Å²) in [5.74, 6) is -11.7. The molecule has 0 saturated carbocycles. The number of unbranched alkanes of at least 4 members (excludes halogenated alkanes) is 1. The number of Topliss-reactive ketones (excluding diaryl/α,β-unsaturated/α-hetero) is 1. The first kappa shape index (κ1) is 103. The van der Waals surface area contributed by atoms with Crippen LogP contribution in [0.1, 0.15) is 135 Å². The Labute approximate surface area is 771 Å². The molecular formula is C90H120ClN13O21S4. The van der Waals surface area contributed by atoms with Gasteiger partial charge in [-0.3, -0.25) is 53.3 Å². The highest BCUT2D eigenvalue weighted by molar-refractivity contribution is 8.77. The highest BCUT2D eigenvalue weighted by atomic mass is 35.5. The Morgan fingerprint density at radius 2 is 1.55 bits per heavy atom. The highest BCUT2D eigenvalue weighted by Gasteiger charge is 2.65. The molecule has 34 nitrogen and oxygen atoms in total. The number of nitrogens with one attached hydrogen (secondary N) is 9. The number of urea groups is 1. The molecule has 0 spiro atoms. The van der Waals surface area contributed by atoms with Gasteiger partial charge in [0.15, 0.2) is 11.5 Å². The summed E-state index contributed by atoms with van der Waals surface area (Å²) >= 11 is 6.91. The third kappa shape index (κ3) is 28.1. The molecular weight excluding hydrogens is 1760 g/mol. The number of phenols is 1. The van der Waals surface area contributed by atoms with Gasteiger partial charge in [0.2, 0.25) is 53.2 Å². The number of hydrogen-bond acceptors (Lipinski definition) is 26. The molecule has 4 bridgehead atoms. The summed E-state index contributed by atoms with van der Waals surface area (Å²) < 4.78 is 28.4.